The maximum atomic E-state index is 12.7. The zero-order valence-corrected chi connectivity index (χ0v) is 11.6. The number of aromatic nitrogens is 3. The summed E-state index contributed by atoms with van der Waals surface area (Å²) < 4.78 is 1.90. The highest BCUT2D eigenvalue weighted by molar-refractivity contribution is 6.07. The van der Waals surface area contributed by atoms with E-state index in [1.165, 1.54) is 0 Å². The van der Waals surface area contributed by atoms with Gasteiger partial charge in [0.25, 0.3) is 5.91 Å². The highest BCUT2D eigenvalue weighted by Gasteiger charge is 2.17. The Bertz CT molecular complexity index is 774. The van der Waals surface area contributed by atoms with Gasteiger partial charge in [-0.05, 0) is 26.0 Å². The van der Waals surface area contributed by atoms with Gasteiger partial charge in [0.15, 0.2) is 5.65 Å². The van der Waals surface area contributed by atoms with Gasteiger partial charge >= 0.3 is 0 Å². The lowest BCUT2D eigenvalue weighted by atomic mass is 10.1. The summed E-state index contributed by atoms with van der Waals surface area (Å²) in [7, 11) is 0. The maximum absolute atomic E-state index is 12.7. The van der Waals surface area contributed by atoms with Crippen molar-refractivity contribution < 1.29 is 4.79 Å². The van der Waals surface area contributed by atoms with Crippen LogP contribution in [0.15, 0.2) is 36.7 Å². The van der Waals surface area contributed by atoms with E-state index in [-0.39, 0.29) is 5.91 Å². The normalized spacial score (nSPS) is 11.1. The minimum absolute atomic E-state index is 0.0386. The molecule has 3 rings (SSSR count). The predicted molar refractivity (Wildman–Crippen MR) is 77.7 cm³/mol. The lowest BCUT2D eigenvalue weighted by Crippen LogP contribution is -2.30. The Morgan fingerprint density at radius 2 is 2.00 bits per heavy atom. The molecule has 0 spiro atoms. The van der Waals surface area contributed by atoms with Crippen LogP contribution >= 0.6 is 0 Å². The van der Waals surface area contributed by atoms with Crippen molar-refractivity contribution in [3.05, 3.63) is 42.2 Å². The topological polar surface area (TPSA) is 50.5 Å². The summed E-state index contributed by atoms with van der Waals surface area (Å²) in [4.78, 5) is 14.5. The van der Waals surface area contributed by atoms with E-state index in [1.54, 1.807) is 6.33 Å². The van der Waals surface area contributed by atoms with Gasteiger partial charge in [-0.1, -0.05) is 18.2 Å². The van der Waals surface area contributed by atoms with E-state index in [0.29, 0.717) is 24.3 Å². The molecule has 0 saturated heterocycles. The Kier molecular flexibility index (Phi) is 3.10. The van der Waals surface area contributed by atoms with Crippen molar-refractivity contribution >= 4 is 22.5 Å². The first-order chi connectivity index (χ1) is 9.76. The van der Waals surface area contributed by atoms with Gasteiger partial charge in [-0.15, -0.1) is 10.2 Å². The lowest BCUT2D eigenvalue weighted by molar-refractivity contribution is 0.0775. The third-order valence-electron chi connectivity index (χ3n) is 3.58. The molecule has 0 atom stereocenters. The molecular weight excluding hydrogens is 252 g/mol. The van der Waals surface area contributed by atoms with Gasteiger partial charge in [0, 0.05) is 18.5 Å². The number of carbonyl (C=O) groups is 1. The van der Waals surface area contributed by atoms with Gasteiger partial charge in [-0.3, -0.25) is 9.20 Å². The number of pyridine rings is 1. The Morgan fingerprint density at radius 1 is 1.25 bits per heavy atom. The van der Waals surface area contributed by atoms with Crippen molar-refractivity contribution in [2.45, 2.75) is 13.8 Å². The zero-order chi connectivity index (χ0) is 14.1. The molecular formula is C15H16N4O. The highest BCUT2D eigenvalue weighted by Crippen LogP contribution is 2.22. The van der Waals surface area contributed by atoms with E-state index in [1.807, 2.05) is 53.5 Å². The van der Waals surface area contributed by atoms with E-state index in [2.05, 4.69) is 10.2 Å². The van der Waals surface area contributed by atoms with Crippen LogP contribution in [0.5, 0.6) is 0 Å². The molecule has 5 nitrogen and oxygen atoms in total. The van der Waals surface area contributed by atoms with Gasteiger partial charge in [0.05, 0.1) is 11.1 Å². The van der Waals surface area contributed by atoms with Crippen LogP contribution in [-0.4, -0.2) is 38.5 Å². The summed E-state index contributed by atoms with van der Waals surface area (Å²) in [5, 5.41) is 8.92. The molecule has 2 aromatic heterocycles. The zero-order valence-electron chi connectivity index (χ0n) is 11.6. The Labute approximate surface area is 116 Å². The van der Waals surface area contributed by atoms with Crippen LogP contribution in [0.2, 0.25) is 0 Å². The van der Waals surface area contributed by atoms with Crippen molar-refractivity contribution in [2.75, 3.05) is 13.1 Å². The fraction of sp³-hybridized carbons (Fsp3) is 0.267. The van der Waals surface area contributed by atoms with Crippen molar-refractivity contribution in [1.29, 1.82) is 0 Å². The summed E-state index contributed by atoms with van der Waals surface area (Å²) in [6.45, 7) is 5.36. The fourth-order valence-electron chi connectivity index (χ4n) is 2.50. The van der Waals surface area contributed by atoms with Gasteiger partial charge < -0.3 is 4.90 Å². The van der Waals surface area contributed by atoms with Crippen LogP contribution in [-0.2, 0) is 0 Å². The molecule has 3 aromatic rings. The molecule has 2 heterocycles. The molecule has 5 heteroatoms. The van der Waals surface area contributed by atoms with Crippen LogP contribution in [0.4, 0.5) is 0 Å². The SMILES string of the molecule is CCN(CC)C(=O)c1cc2nncn2c2ccccc12. The van der Waals surface area contributed by atoms with Crippen LogP contribution in [0.25, 0.3) is 16.6 Å². The monoisotopic (exact) mass is 268 g/mol. The third-order valence-corrected chi connectivity index (χ3v) is 3.58. The summed E-state index contributed by atoms with van der Waals surface area (Å²) in [5.41, 5.74) is 2.33. The van der Waals surface area contributed by atoms with E-state index >= 15 is 0 Å². The standard InChI is InChI=1S/C15H16N4O/c1-3-18(4-2)15(20)12-9-14-17-16-10-19(14)13-8-6-5-7-11(12)13/h5-10H,3-4H2,1-2H3. The van der Waals surface area contributed by atoms with Crippen molar-refractivity contribution in [3.63, 3.8) is 0 Å². The molecule has 0 saturated carbocycles. The summed E-state index contributed by atoms with van der Waals surface area (Å²) in [6, 6.07) is 9.65. The van der Waals surface area contributed by atoms with Crippen LogP contribution in [0.1, 0.15) is 24.2 Å². The molecule has 0 fully saturated rings. The molecule has 1 amide bonds. The minimum Gasteiger partial charge on any atom is -0.339 e. The smallest absolute Gasteiger partial charge is 0.254 e. The van der Waals surface area contributed by atoms with E-state index in [0.717, 1.165) is 10.9 Å². The molecule has 0 unspecified atom stereocenters. The Morgan fingerprint density at radius 3 is 2.75 bits per heavy atom. The van der Waals surface area contributed by atoms with Crippen molar-refractivity contribution in [1.82, 2.24) is 19.5 Å². The number of nitrogens with zero attached hydrogens (tertiary/aromatic N) is 4. The summed E-state index contributed by atoms with van der Waals surface area (Å²) in [6.07, 6.45) is 1.67. The summed E-state index contributed by atoms with van der Waals surface area (Å²) >= 11 is 0. The van der Waals surface area contributed by atoms with E-state index < -0.39 is 0 Å². The quantitative estimate of drug-likeness (QED) is 0.732. The second kappa shape index (κ2) is 4.92. The molecule has 0 N–H and O–H groups in total. The predicted octanol–water partition coefficient (Wildman–Crippen LogP) is 2.36. The number of hydrogen-bond donors (Lipinski definition) is 0. The third kappa shape index (κ3) is 1.82. The Hall–Kier alpha value is -2.43. The van der Waals surface area contributed by atoms with Gasteiger partial charge in [-0.2, -0.15) is 0 Å². The molecule has 0 bridgehead atoms. The number of hydrogen-bond acceptors (Lipinski definition) is 3. The second-order valence-corrected chi connectivity index (χ2v) is 4.61. The number of para-hydroxylation sites is 1. The fourth-order valence-corrected chi connectivity index (χ4v) is 2.50. The second-order valence-electron chi connectivity index (χ2n) is 4.61. The van der Waals surface area contributed by atoms with Crippen molar-refractivity contribution in [3.8, 4) is 0 Å². The van der Waals surface area contributed by atoms with Gasteiger partial charge in [0.1, 0.15) is 6.33 Å². The van der Waals surface area contributed by atoms with Crippen LogP contribution < -0.4 is 0 Å². The number of benzene rings is 1. The molecule has 0 radical (unpaired) electrons. The highest BCUT2D eigenvalue weighted by atomic mass is 16.2. The Balaban J connectivity index is 2.30. The first-order valence-corrected chi connectivity index (χ1v) is 6.77. The van der Waals surface area contributed by atoms with E-state index in [9.17, 15) is 4.79 Å². The summed E-state index contributed by atoms with van der Waals surface area (Å²) in [5.74, 6) is 0.0386. The maximum Gasteiger partial charge on any atom is 0.254 e. The molecule has 20 heavy (non-hydrogen) atoms. The number of amides is 1. The first kappa shape index (κ1) is 12.6. The van der Waals surface area contributed by atoms with Gasteiger partial charge in [0.2, 0.25) is 0 Å². The average molecular weight is 268 g/mol. The van der Waals surface area contributed by atoms with Crippen LogP contribution in [0.3, 0.4) is 0 Å². The molecule has 0 aliphatic rings. The largest absolute Gasteiger partial charge is 0.339 e. The first-order valence-electron chi connectivity index (χ1n) is 6.77. The minimum atomic E-state index is 0.0386. The number of fused-ring (bicyclic) bond motifs is 3. The molecule has 0 aliphatic heterocycles. The molecule has 1 aromatic carbocycles. The molecule has 102 valence electrons. The average Bonchev–Trinajstić information content (AvgIpc) is 2.96. The number of rotatable bonds is 3. The van der Waals surface area contributed by atoms with Crippen molar-refractivity contribution in [2.24, 2.45) is 0 Å². The van der Waals surface area contributed by atoms with Crippen LogP contribution in [0, 0.1) is 0 Å². The molecule has 0 aliphatic carbocycles. The number of carbonyl (C=O) groups excluding carboxylic acids is 1. The van der Waals surface area contributed by atoms with Gasteiger partial charge in [-0.25, -0.2) is 0 Å². The van der Waals surface area contributed by atoms with E-state index in [4.69, 9.17) is 0 Å². The lowest BCUT2D eigenvalue weighted by Gasteiger charge is -2.19.